The number of rotatable bonds is 5. The quantitative estimate of drug-likeness (QED) is 0.593. The van der Waals surface area contributed by atoms with Gasteiger partial charge in [0, 0.05) is 5.69 Å². The van der Waals surface area contributed by atoms with Gasteiger partial charge >= 0.3 is 6.18 Å². The van der Waals surface area contributed by atoms with Crippen molar-refractivity contribution in [1.29, 1.82) is 0 Å². The highest BCUT2D eigenvalue weighted by atomic mass is 19.4. The van der Waals surface area contributed by atoms with Crippen molar-refractivity contribution in [1.82, 2.24) is 4.98 Å². The maximum absolute atomic E-state index is 13.1. The van der Waals surface area contributed by atoms with Gasteiger partial charge in [-0.3, -0.25) is 4.79 Å². The second-order valence-corrected chi connectivity index (χ2v) is 5.99. The molecule has 0 unspecified atom stereocenters. The Bertz CT molecular complexity index is 972. The van der Waals surface area contributed by atoms with Gasteiger partial charge in [-0.15, -0.1) is 0 Å². The summed E-state index contributed by atoms with van der Waals surface area (Å²) in [5.41, 5.74) is 0.494. The highest BCUT2D eigenvalue weighted by molar-refractivity contribution is 5.91. The van der Waals surface area contributed by atoms with Crippen molar-refractivity contribution in [2.75, 3.05) is 10.6 Å². The predicted molar refractivity (Wildman–Crippen MR) is 97.7 cm³/mol. The normalized spacial score (nSPS) is 11.1. The zero-order valence-electron chi connectivity index (χ0n) is 14.4. The molecule has 1 aromatic heterocycles. The second-order valence-electron chi connectivity index (χ2n) is 5.99. The third kappa shape index (κ3) is 5.29. The van der Waals surface area contributed by atoms with Crippen molar-refractivity contribution in [3.05, 3.63) is 83.8 Å². The summed E-state index contributed by atoms with van der Waals surface area (Å²) >= 11 is 0. The van der Waals surface area contributed by atoms with Crippen molar-refractivity contribution in [3.8, 4) is 0 Å². The van der Waals surface area contributed by atoms with Crippen LogP contribution in [0, 0.1) is 5.82 Å². The lowest BCUT2D eigenvalue weighted by Crippen LogP contribution is -2.15. The van der Waals surface area contributed by atoms with Gasteiger partial charge in [-0.25, -0.2) is 9.37 Å². The minimum atomic E-state index is -4.42. The van der Waals surface area contributed by atoms with Crippen LogP contribution in [0.5, 0.6) is 0 Å². The van der Waals surface area contributed by atoms with Crippen molar-refractivity contribution >= 4 is 23.1 Å². The van der Waals surface area contributed by atoms with Gasteiger partial charge in [0.15, 0.2) is 0 Å². The van der Waals surface area contributed by atoms with Gasteiger partial charge < -0.3 is 10.6 Å². The Morgan fingerprint density at radius 1 is 0.964 bits per heavy atom. The van der Waals surface area contributed by atoms with E-state index in [4.69, 9.17) is 0 Å². The van der Waals surface area contributed by atoms with E-state index < -0.39 is 17.6 Å². The molecule has 0 spiro atoms. The first kappa shape index (κ1) is 19.3. The molecule has 8 heteroatoms. The Balaban J connectivity index is 1.61. The van der Waals surface area contributed by atoms with E-state index in [2.05, 4.69) is 15.6 Å². The number of hydrogen-bond donors (Lipinski definition) is 2. The molecule has 3 aromatic rings. The minimum Gasteiger partial charge on any atom is -0.354 e. The Labute approximate surface area is 158 Å². The largest absolute Gasteiger partial charge is 0.416 e. The molecule has 0 aliphatic carbocycles. The molecule has 0 aliphatic rings. The van der Waals surface area contributed by atoms with Gasteiger partial charge in [-0.2, -0.15) is 13.2 Å². The molecule has 28 heavy (non-hydrogen) atoms. The molecule has 3 rings (SSSR count). The first-order valence-electron chi connectivity index (χ1n) is 8.24. The summed E-state index contributed by atoms with van der Waals surface area (Å²) < 4.78 is 51.4. The van der Waals surface area contributed by atoms with E-state index in [0.717, 1.165) is 12.1 Å². The molecule has 4 nitrogen and oxygen atoms in total. The van der Waals surface area contributed by atoms with Gasteiger partial charge in [-0.1, -0.05) is 18.2 Å². The zero-order valence-corrected chi connectivity index (χ0v) is 14.4. The lowest BCUT2D eigenvalue weighted by Gasteiger charge is -2.11. The van der Waals surface area contributed by atoms with Crippen LogP contribution in [0.3, 0.4) is 0 Å². The van der Waals surface area contributed by atoms with Crippen LogP contribution in [0.4, 0.5) is 34.8 Å². The van der Waals surface area contributed by atoms with Crippen LogP contribution in [0.1, 0.15) is 11.1 Å². The lowest BCUT2D eigenvalue weighted by atomic mass is 10.1. The van der Waals surface area contributed by atoms with E-state index in [-0.39, 0.29) is 23.8 Å². The Morgan fingerprint density at radius 2 is 1.75 bits per heavy atom. The van der Waals surface area contributed by atoms with Gasteiger partial charge in [0.05, 0.1) is 23.9 Å². The fraction of sp³-hybridized carbons (Fsp3) is 0.100. The Hall–Kier alpha value is -3.42. The number of anilines is 3. The van der Waals surface area contributed by atoms with Crippen molar-refractivity contribution < 1.29 is 22.4 Å². The SMILES string of the molecule is O=C(Cc1cccc(F)c1)Nc1ccc(Nc2cccc(C(F)(F)F)c2)cn1. The fourth-order valence-electron chi connectivity index (χ4n) is 2.50. The van der Waals surface area contributed by atoms with E-state index >= 15 is 0 Å². The minimum absolute atomic E-state index is 0.0102. The van der Waals surface area contributed by atoms with Crippen LogP contribution in [-0.2, 0) is 17.4 Å². The third-order valence-corrected chi connectivity index (χ3v) is 3.76. The fourth-order valence-corrected chi connectivity index (χ4v) is 2.50. The van der Waals surface area contributed by atoms with Crippen LogP contribution in [0.15, 0.2) is 66.9 Å². The van der Waals surface area contributed by atoms with Crippen LogP contribution in [0.25, 0.3) is 0 Å². The van der Waals surface area contributed by atoms with Gasteiger partial charge in [0.1, 0.15) is 11.6 Å². The van der Waals surface area contributed by atoms with E-state index in [1.165, 1.54) is 42.6 Å². The van der Waals surface area contributed by atoms with Crippen LogP contribution in [-0.4, -0.2) is 10.9 Å². The number of carbonyl (C=O) groups excluding carboxylic acids is 1. The highest BCUT2D eigenvalue weighted by Gasteiger charge is 2.30. The van der Waals surface area contributed by atoms with Crippen LogP contribution >= 0.6 is 0 Å². The molecule has 0 atom stereocenters. The summed E-state index contributed by atoms with van der Waals surface area (Å²) in [7, 11) is 0. The molecule has 0 fully saturated rings. The molecule has 144 valence electrons. The number of nitrogens with zero attached hydrogens (tertiary/aromatic N) is 1. The van der Waals surface area contributed by atoms with E-state index in [1.807, 2.05) is 0 Å². The van der Waals surface area contributed by atoms with E-state index in [9.17, 15) is 22.4 Å². The molecule has 0 aliphatic heterocycles. The van der Waals surface area contributed by atoms with Crippen LogP contribution in [0.2, 0.25) is 0 Å². The number of benzene rings is 2. The predicted octanol–water partition coefficient (Wildman–Crippen LogP) is 5.16. The third-order valence-electron chi connectivity index (χ3n) is 3.76. The number of amides is 1. The average molecular weight is 389 g/mol. The second kappa shape index (κ2) is 8.08. The topological polar surface area (TPSA) is 54.0 Å². The molecule has 1 heterocycles. The number of nitrogens with one attached hydrogen (secondary N) is 2. The van der Waals surface area contributed by atoms with E-state index in [0.29, 0.717) is 11.3 Å². The number of aromatic nitrogens is 1. The summed E-state index contributed by atoms with van der Waals surface area (Å²) in [5, 5.41) is 5.41. The van der Waals surface area contributed by atoms with Crippen molar-refractivity contribution in [2.45, 2.75) is 12.6 Å². The van der Waals surface area contributed by atoms with Gasteiger partial charge in [0.2, 0.25) is 5.91 Å². The Morgan fingerprint density at radius 3 is 2.43 bits per heavy atom. The molecule has 0 bridgehead atoms. The molecule has 2 N–H and O–H groups in total. The summed E-state index contributed by atoms with van der Waals surface area (Å²) in [6, 6.07) is 13.6. The molecule has 0 radical (unpaired) electrons. The number of hydrogen-bond acceptors (Lipinski definition) is 3. The maximum atomic E-state index is 13.1. The van der Waals surface area contributed by atoms with Crippen molar-refractivity contribution in [2.24, 2.45) is 0 Å². The molecule has 2 aromatic carbocycles. The molecular weight excluding hydrogens is 374 g/mol. The van der Waals surface area contributed by atoms with Crippen molar-refractivity contribution in [3.63, 3.8) is 0 Å². The first-order chi connectivity index (χ1) is 13.3. The lowest BCUT2D eigenvalue weighted by molar-refractivity contribution is -0.137. The summed E-state index contributed by atoms with van der Waals surface area (Å²) in [4.78, 5) is 16.1. The number of halogens is 4. The molecule has 0 saturated heterocycles. The van der Waals surface area contributed by atoms with Crippen LogP contribution < -0.4 is 10.6 Å². The maximum Gasteiger partial charge on any atom is 0.416 e. The molecular formula is C20H15F4N3O. The number of carbonyl (C=O) groups is 1. The number of pyridine rings is 1. The highest BCUT2D eigenvalue weighted by Crippen LogP contribution is 2.31. The zero-order chi connectivity index (χ0) is 20.1. The van der Waals surface area contributed by atoms with Gasteiger partial charge in [-0.05, 0) is 48.0 Å². The average Bonchev–Trinajstić information content (AvgIpc) is 2.63. The molecule has 1 amide bonds. The summed E-state index contributed by atoms with van der Waals surface area (Å²) in [6.07, 6.45) is -3.05. The smallest absolute Gasteiger partial charge is 0.354 e. The van der Waals surface area contributed by atoms with Gasteiger partial charge in [0.25, 0.3) is 0 Å². The monoisotopic (exact) mass is 389 g/mol. The Kier molecular flexibility index (Phi) is 5.58. The van der Waals surface area contributed by atoms with E-state index in [1.54, 1.807) is 12.1 Å². The summed E-state index contributed by atoms with van der Waals surface area (Å²) in [5.74, 6) is -0.513. The number of alkyl halides is 3. The molecule has 0 saturated carbocycles. The first-order valence-corrected chi connectivity index (χ1v) is 8.24. The standard InChI is InChI=1S/C20H15F4N3O/c21-15-5-1-3-13(9-15)10-19(28)27-18-8-7-17(12-25-18)26-16-6-2-4-14(11-16)20(22,23)24/h1-9,11-12,26H,10H2,(H,25,27,28). The summed E-state index contributed by atoms with van der Waals surface area (Å²) in [6.45, 7) is 0.